The minimum atomic E-state index is -0.400. The van der Waals surface area contributed by atoms with Crippen molar-refractivity contribution in [3.63, 3.8) is 0 Å². The Morgan fingerprint density at radius 3 is 2.89 bits per heavy atom. The van der Waals surface area contributed by atoms with Crippen molar-refractivity contribution >= 4 is 46.2 Å². The van der Waals surface area contributed by atoms with Crippen LogP contribution in [-0.4, -0.2) is 56.8 Å². The predicted molar refractivity (Wildman–Crippen MR) is 112 cm³/mol. The van der Waals surface area contributed by atoms with E-state index in [2.05, 4.69) is 0 Å². The summed E-state index contributed by atoms with van der Waals surface area (Å²) in [6, 6.07) is 6.30. The number of likely N-dealkylation sites (tertiary alicyclic amines) is 1. The van der Waals surface area contributed by atoms with E-state index in [-0.39, 0.29) is 37.4 Å². The Kier molecular flexibility index (Phi) is 7.20. The first-order chi connectivity index (χ1) is 13.5. The van der Waals surface area contributed by atoms with Gasteiger partial charge in [-0.3, -0.25) is 14.5 Å². The number of carbonyl (C=O) groups excluding carboxylic acids is 2. The van der Waals surface area contributed by atoms with Crippen LogP contribution >= 0.6 is 24.0 Å². The van der Waals surface area contributed by atoms with Gasteiger partial charge >= 0.3 is 0 Å². The SMILES string of the molecule is O=C1/C(=C/c2ccccc2F)SC(=S)N1CCC(=O)N1CCCC[C@H]1CCO. The quantitative estimate of drug-likeness (QED) is 0.564. The molecule has 0 bridgehead atoms. The van der Waals surface area contributed by atoms with Gasteiger partial charge in [-0.05, 0) is 37.8 Å². The third-order valence-electron chi connectivity index (χ3n) is 5.02. The average molecular weight is 423 g/mol. The molecular weight excluding hydrogens is 399 g/mol. The maximum atomic E-state index is 13.8. The van der Waals surface area contributed by atoms with E-state index in [4.69, 9.17) is 12.2 Å². The molecule has 2 amide bonds. The Morgan fingerprint density at radius 1 is 1.36 bits per heavy atom. The number of halogens is 1. The van der Waals surface area contributed by atoms with Gasteiger partial charge in [0, 0.05) is 37.7 Å². The van der Waals surface area contributed by atoms with Crippen LogP contribution in [0.4, 0.5) is 4.39 Å². The first-order valence-corrected chi connectivity index (χ1v) is 10.6. The van der Waals surface area contributed by atoms with Gasteiger partial charge in [0.05, 0.1) is 4.91 Å². The fourth-order valence-corrected chi connectivity index (χ4v) is 4.85. The van der Waals surface area contributed by atoms with Gasteiger partial charge in [0.15, 0.2) is 0 Å². The lowest BCUT2D eigenvalue weighted by atomic mass is 9.99. The Morgan fingerprint density at radius 2 is 2.14 bits per heavy atom. The summed E-state index contributed by atoms with van der Waals surface area (Å²) in [6.07, 6.45) is 5.18. The minimum Gasteiger partial charge on any atom is -0.396 e. The standard InChI is InChI=1S/C20H23FN2O3S2/c21-16-7-2-1-5-14(16)13-17-19(26)23(20(27)28-17)11-8-18(25)22-10-4-3-6-15(22)9-12-24/h1-2,5,7,13,15,24H,3-4,6,8-12H2/b17-13-/t15-/m0/s1. The van der Waals surface area contributed by atoms with Gasteiger partial charge in [0.1, 0.15) is 10.1 Å². The van der Waals surface area contributed by atoms with Gasteiger partial charge in [-0.15, -0.1) is 0 Å². The molecule has 2 aliphatic heterocycles. The van der Waals surface area contributed by atoms with Crippen molar-refractivity contribution in [2.24, 2.45) is 0 Å². The number of hydrogen-bond donors (Lipinski definition) is 1. The van der Waals surface area contributed by atoms with Crippen LogP contribution in [0.2, 0.25) is 0 Å². The summed E-state index contributed by atoms with van der Waals surface area (Å²) in [5.41, 5.74) is 0.333. The maximum Gasteiger partial charge on any atom is 0.266 e. The molecule has 3 rings (SSSR count). The summed E-state index contributed by atoms with van der Waals surface area (Å²) >= 11 is 6.42. The molecule has 0 radical (unpaired) electrons. The van der Waals surface area contributed by atoms with E-state index in [9.17, 15) is 19.1 Å². The zero-order valence-corrected chi connectivity index (χ0v) is 17.1. The molecule has 1 N–H and O–H groups in total. The van der Waals surface area contributed by atoms with E-state index in [1.54, 1.807) is 18.2 Å². The van der Waals surface area contributed by atoms with E-state index in [0.29, 0.717) is 27.8 Å². The van der Waals surface area contributed by atoms with Crippen molar-refractivity contribution < 1.29 is 19.1 Å². The summed E-state index contributed by atoms with van der Waals surface area (Å²) < 4.78 is 14.2. The molecule has 0 aliphatic carbocycles. The maximum absolute atomic E-state index is 13.8. The van der Waals surface area contributed by atoms with Gasteiger partial charge in [-0.25, -0.2) is 4.39 Å². The third-order valence-corrected chi connectivity index (χ3v) is 6.40. The molecule has 1 atom stereocenters. The molecular formula is C20H23FN2O3S2. The second kappa shape index (κ2) is 9.62. The van der Waals surface area contributed by atoms with Crippen molar-refractivity contribution in [2.45, 2.75) is 38.1 Å². The summed E-state index contributed by atoms with van der Waals surface area (Å²) in [6.45, 7) is 0.958. The van der Waals surface area contributed by atoms with Crippen LogP contribution in [-0.2, 0) is 9.59 Å². The Hall–Kier alpha value is -1.77. The molecule has 2 aliphatic rings. The number of carbonyl (C=O) groups is 2. The number of thioether (sulfide) groups is 1. The van der Waals surface area contributed by atoms with E-state index in [1.165, 1.54) is 17.0 Å². The number of hydrogen-bond acceptors (Lipinski definition) is 5. The fourth-order valence-electron chi connectivity index (χ4n) is 3.56. The molecule has 0 unspecified atom stereocenters. The van der Waals surface area contributed by atoms with Crippen LogP contribution in [0.25, 0.3) is 6.08 Å². The lowest BCUT2D eigenvalue weighted by Gasteiger charge is -2.36. The van der Waals surface area contributed by atoms with Crippen LogP contribution in [0.5, 0.6) is 0 Å². The van der Waals surface area contributed by atoms with Gasteiger partial charge in [0.2, 0.25) is 5.91 Å². The van der Waals surface area contributed by atoms with Gasteiger partial charge in [0.25, 0.3) is 5.91 Å². The van der Waals surface area contributed by atoms with Gasteiger partial charge in [-0.1, -0.05) is 42.2 Å². The van der Waals surface area contributed by atoms with Crippen molar-refractivity contribution in [3.05, 3.63) is 40.6 Å². The van der Waals surface area contributed by atoms with Crippen LogP contribution in [0.1, 0.15) is 37.7 Å². The topological polar surface area (TPSA) is 60.9 Å². The van der Waals surface area contributed by atoms with Crippen LogP contribution in [0.15, 0.2) is 29.2 Å². The number of amides is 2. The fraction of sp³-hybridized carbons (Fsp3) is 0.450. The number of aliphatic hydroxyl groups excluding tert-OH is 1. The highest BCUT2D eigenvalue weighted by atomic mass is 32.2. The lowest BCUT2D eigenvalue weighted by molar-refractivity contribution is -0.135. The molecule has 0 aromatic heterocycles. The number of thiocarbonyl (C=S) groups is 1. The molecule has 2 fully saturated rings. The number of aliphatic hydroxyl groups is 1. The molecule has 1 aromatic carbocycles. The third kappa shape index (κ3) is 4.79. The van der Waals surface area contributed by atoms with E-state index in [0.717, 1.165) is 31.0 Å². The van der Waals surface area contributed by atoms with Crippen molar-refractivity contribution in [1.82, 2.24) is 9.80 Å². The first-order valence-electron chi connectivity index (χ1n) is 9.41. The van der Waals surface area contributed by atoms with Gasteiger partial charge in [-0.2, -0.15) is 0 Å². The lowest BCUT2D eigenvalue weighted by Crippen LogP contribution is -2.45. The second-order valence-electron chi connectivity index (χ2n) is 6.85. The number of piperidine rings is 1. The predicted octanol–water partition coefficient (Wildman–Crippen LogP) is 3.18. The van der Waals surface area contributed by atoms with Crippen LogP contribution in [0.3, 0.4) is 0 Å². The van der Waals surface area contributed by atoms with Crippen molar-refractivity contribution in [2.75, 3.05) is 19.7 Å². The molecule has 5 nitrogen and oxygen atoms in total. The van der Waals surface area contributed by atoms with Crippen molar-refractivity contribution in [1.29, 1.82) is 0 Å². The average Bonchev–Trinajstić information content (AvgIpc) is 2.95. The molecule has 1 aromatic rings. The number of rotatable bonds is 6. The van der Waals surface area contributed by atoms with Crippen LogP contribution < -0.4 is 0 Å². The highest BCUT2D eigenvalue weighted by Gasteiger charge is 2.33. The number of benzene rings is 1. The molecule has 2 heterocycles. The zero-order chi connectivity index (χ0) is 20.1. The van der Waals surface area contributed by atoms with Gasteiger partial charge < -0.3 is 10.0 Å². The smallest absolute Gasteiger partial charge is 0.266 e. The highest BCUT2D eigenvalue weighted by molar-refractivity contribution is 8.26. The summed E-state index contributed by atoms with van der Waals surface area (Å²) in [7, 11) is 0. The largest absolute Gasteiger partial charge is 0.396 e. The Labute approximate surface area is 173 Å². The monoisotopic (exact) mass is 422 g/mol. The van der Waals surface area contributed by atoms with E-state index in [1.807, 2.05) is 4.90 Å². The molecule has 0 saturated carbocycles. The van der Waals surface area contributed by atoms with E-state index < -0.39 is 5.82 Å². The molecule has 150 valence electrons. The molecule has 8 heteroatoms. The summed E-state index contributed by atoms with van der Waals surface area (Å²) in [5, 5.41) is 9.22. The number of nitrogens with zero attached hydrogens (tertiary/aromatic N) is 2. The van der Waals surface area contributed by atoms with Crippen LogP contribution in [0, 0.1) is 5.82 Å². The Balaban J connectivity index is 1.63. The normalized spacial score (nSPS) is 21.6. The summed E-state index contributed by atoms with van der Waals surface area (Å²) in [4.78, 5) is 28.9. The first kappa shape index (κ1) is 21.0. The van der Waals surface area contributed by atoms with E-state index >= 15 is 0 Å². The molecule has 28 heavy (non-hydrogen) atoms. The molecule has 0 spiro atoms. The Bertz CT molecular complexity index is 797. The minimum absolute atomic E-state index is 0.0229. The zero-order valence-electron chi connectivity index (χ0n) is 15.5. The second-order valence-corrected chi connectivity index (χ2v) is 8.53. The van der Waals surface area contributed by atoms with Crippen molar-refractivity contribution in [3.8, 4) is 0 Å². The molecule has 2 saturated heterocycles. The summed E-state index contributed by atoms with van der Waals surface area (Å²) in [5.74, 6) is -0.718. The highest BCUT2D eigenvalue weighted by Crippen LogP contribution is 2.33.